The van der Waals surface area contributed by atoms with Crippen LogP contribution in [0, 0.1) is 0 Å². The molecule has 1 N–H and O–H groups in total. The Morgan fingerprint density at radius 2 is 2.25 bits per heavy atom. The van der Waals surface area contributed by atoms with Crippen molar-refractivity contribution in [3.8, 4) is 0 Å². The number of furan rings is 1. The Bertz CT molecular complexity index is 587. The van der Waals surface area contributed by atoms with Gasteiger partial charge in [-0.3, -0.25) is 10.3 Å². The highest BCUT2D eigenvalue weighted by atomic mass is 16.3. The predicted molar refractivity (Wildman–Crippen MR) is 78.5 cm³/mol. The van der Waals surface area contributed by atoms with Gasteiger partial charge in [-0.1, -0.05) is 6.07 Å². The normalized spacial score (nSPS) is 17.9. The number of aromatic nitrogens is 1. The number of hydrogen-bond donors (Lipinski definition) is 1. The third-order valence-electron chi connectivity index (χ3n) is 3.69. The molecule has 4 heteroatoms. The molecule has 0 radical (unpaired) electrons. The lowest BCUT2D eigenvalue weighted by atomic mass is 10.0. The van der Waals surface area contributed by atoms with Crippen LogP contribution in [-0.2, 0) is 6.54 Å². The topological polar surface area (TPSA) is 41.3 Å². The summed E-state index contributed by atoms with van der Waals surface area (Å²) in [6.07, 6.45) is 7.53. The van der Waals surface area contributed by atoms with Crippen molar-refractivity contribution in [3.05, 3.63) is 60.4 Å². The first-order valence-electron chi connectivity index (χ1n) is 6.80. The van der Waals surface area contributed by atoms with Crippen LogP contribution in [0.25, 0.3) is 5.57 Å². The van der Waals surface area contributed by atoms with Gasteiger partial charge >= 0.3 is 0 Å². The second kappa shape index (κ2) is 5.13. The molecular formula is C16H19N3O. The first kappa shape index (κ1) is 12.9. The fraction of sp³-hybridized carbons (Fsp3) is 0.312. The van der Waals surface area contributed by atoms with Crippen molar-refractivity contribution in [3.63, 3.8) is 0 Å². The third-order valence-corrected chi connectivity index (χ3v) is 3.69. The fourth-order valence-electron chi connectivity index (χ4n) is 2.34. The highest BCUT2D eigenvalue weighted by Crippen LogP contribution is 2.25. The summed E-state index contributed by atoms with van der Waals surface area (Å²) in [5, 5.41) is 3.56. The molecule has 3 rings (SSSR count). The van der Waals surface area contributed by atoms with E-state index in [1.165, 1.54) is 5.57 Å². The Labute approximate surface area is 119 Å². The van der Waals surface area contributed by atoms with Gasteiger partial charge in [0.1, 0.15) is 0 Å². The zero-order chi connectivity index (χ0) is 14.0. The van der Waals surface area contributed by atoms with Crippen molar-refractivity contribution in [2.24, 2.45) is 0 Å². The summed E-state index contributed by atoms with van der Waals surface area (Å²) in [6.45, 7) is 5.98. The molecule has 0 atom stereocenters. The van der Waals surface area contributed by atoms with E-state index in [0.29, 0.717) is 0 Å². The summed E-state index contributed by atoms with van der Waals surface area (Å²) in [5.41, 5.74) is 3.32. The van der Waals surface area contributed by atoms with Crippen LogP contribution in [0.2, 0.25) is 0 Å². The third kappa shape index (κ3) is 2.60. The molecule has 0 saturated carbocycles. The number of nitrogens with one attached hydrogen (secondary N) is 1. The molecule has 0 aromatic carbocycles. The maximum atomic E-state index is 5.17. The van der Waals surface area contributed by atoms with Crippen LogP contribution in [0.1, 0.15) is 25.1 Å². The van der Waals surface area contributed by atoms with Gasteiger partial charge < -0.3 is 9.32 Å². The maximum Gasteiger partial charge on any atom is 0.0978 e. The Morgan fingerprint density at radius 1 is 1.35 bits per heavy atom. The molecule has 3 heterocycles. The second-order valence-corrected chi connectivity index (χ2v) is 5.53. The van der Waals surface area contributed by atoms with E-state index in [9.17, 15) is 0 Å². The lowest BCUT2D eigenvalue weighted by Crippen LogP contribution is -2.55. The number of hydrogen-bond acceptors (Lipinski definition) is 4. The minimum atomic E-state index is -0.0925. The molecule has 104 valence electrons. The molecule has 0 amide bonds. The molecule has 0 unspecified atom stereocenters. The molecule has 20 heavy (non-hydrogen) atoms. The van der Waals surface area contributed by atoms with E-state index in [4.69, 9.17) is 4.42 Å². The van der Waals surface area contributed by atoms with Crippen LogP contribution in [0.15, 0.2) is 53.6 Å². The van der Waals surface area contributed by atoms with Gasteiger partial charge in [-0.25, -0.2) is 0 Å². The number of pyridine rings is 1. The largest absolute Gasteiger partial charge is 0.472 e. The number of rotatable bonds is 3. The summed E-state index contributed by atoms with van der Waals surface area (Å²) in [4.78, 5) is 6.69. The van der Waals surface area contributed by atoms with Crippen molar-refractivity contribution in [2.75, 3.05) is 6.54 Å². The molecule has 4 nitrogen and oxygen atoms in total. The van der Waals surface area contributed by atoms with Gasteiger partial charge in [0.2, 0.25) is 0 Å². The lowest BCUT2D eigenvalue weighted by Gasteiger charge is -2.42. The summed E-state index contributed by atoms with van der Waals surface area (Å²) in [6, 6.07) is 8.00. The molecule has 0 bridgehead atoms. The lowest BCUT2D eigenvalue weighted by molar-refractivity contribution is 0.130. The first-order valence-corrected chi connectivity index (χ1v) is 6.80. The van der Waals surface area contributed by atoms with Crippen LogP contribution < -0.4 is 5.32 Å². The minimum Gasteiger partial charge on any atom is -0.472 e. The van der Waals surface area contributed by atoms with Crippen LogP contribution in [0.3, 0.4) is 0 Å². The Morgan fingerprint density at radius 3 is 2.95 bits per heavy atom. The van der Waals surface area contributed by atoms with E-state index in [2.05, 4.69) is 41.3 Å². The highest BCUT2D eigenvalue weighted by Gasteiger charge is 2.29. The van der Waals surface area contributed by atoms with Crippen molar-refractivity contribution >= 4 is 5.57 Å². The maximum absolute atomic E-state index is 5.17. The van der Waals surface area contributed by atoms with E-state index in [-0.39, 0.29) is 5.66 Å². The summed E-state index contributed by atoms with van der Waals surface area (Å²) in [7, 11) is 0. The quantitative estimate of drug-likeness (QED) is 0.930. The average Bonchev–Trinajstić information content (AvgIpc) is 2.96. The summed E-state index contributed by atoms with van der Waals surface area (Å²) < 4.78 is 5.17. The highest BCUT2D eigenvalue weighted by molar-refractivity contribution is 5.66. The monoisotopic (exact) mass is 269 g/mol. The minimum absolute atomic E-state index is 0.0925. The van der Waals surface area contributed by atoms with E-state index in [1.807, 2.05) is 24.4 Å². The predicted octanol–water partition coefficient (Wildman–Crippen LogP) is 2.86. The Kier molecular flexibility index (Phi) is 3.32. The smallest absolute Gasteiger partial charge is 0.0978 e. The van der Waals surface area contributed by atoms with Gasteiger partial charge in [0.05, 0.1) is 30.4 Å². The van der Waals surface area contributed by atoms with E-state index in [0.717, 1.165) is 24.3 Å². The van der Waals surface area contributed by atoms with Gasteiger partial charge in [0.25, 0.3) is 0 Å². The van der Waals surface area contributed by atoms with Gasteiger partial charge in [-0.15, -0.1) is 0 Å². The molecule has 1 aliphatic heterocycles. The Balaban J connectivity index is 1.87. The zero-order valence-electron chi connectivity index (χ0n) is 11.8. The molecule has 1 aliphatic rings. The van der Waals surface area contributed by atoms with E-state index in [1.54, 1.807) is 12.5 Å². The molecular weight excluding hydrogens is 250 g/mol. The second-order valence-electron chi connectivity index (χ2n) is 5.53. The summed E-state index contributed by atoms with van der Waals surface area (Å²) in [5.74, 6) is 0. The van der Waals surface area contributed by atoms with Crippen LogP contribution >= 0.6 is 0 Å². The first-order chi connectivity index (χ1) is 9.65. The van der Waals surface area contributed by atoms with Crippen LogP contribution in [-0.4, -0.2) is 22.1 Å². The van der Waals surface area contributed by atoms with Crippen molar-refractivity contribution < 1.29 is 4.42 Å². The van der Waals surface area contributed by atoms with Gasteiger partial charge in [-0.05, 0) is 37.6 Å². The van der Waals surface area contributed by atoms with Crippen LogP contribution in [0.5, 0.6) is 0 Å². The molecule has 2 aromatic heterocycles. The molecule has 2 aromatic rings. The average molecular weight is 269 g/mol. The van der Waals surface area contributed by atoms with Gasteiger partial charge in [0, 0.05) is 24.5 Å². The van der Waals surface area contributed by atoms with Gasteiger partial charge in [-0.2, -0.15) is 0 Å². The Hall–Kier alpha value is -2.07. The molecule has 0 saturated heterocycles. The van der Waals surface area contributed by atoms with Crippen molar-refractivity contribution in [1.82, 2.24) is 15.2 Å². The van der Waals surface area contributed by atoms with Gasteiger partial charge in [0.15, 0.2) is 0 Å². The molecule has 0 aliphatic carbocycles. The van der Waals surface area contributed by atoms with E-state index < -0.39 is 0 Å². The standard InChI is InChI=1S/C16H19N3O/c1-16(2)18-9-14(13-6-8-20-12-13)10-19(16)11-15-5-3-4-7-17-15/h3-8,10,12,18H,9,11H2,1-2H3. The molecule has 0 fully saturated rings. The van der Waals surface area contributed by atoms with Crippen molar-refractivity contribution in [2.45, 2.75) is 26.1 Å². The van der Waals surface area contributed by atoms with Crippen LogP contribution in [0.4, 0.5) is 0 Å². The molecule has 0 spiro atoms. The number of nitrogens with zero attached hydrogens (tertiary/aromatic N) is 2. The van der Waals surface area contributed by atoms with Crippen molar-refractivity contribution in [1.29, 1.82) is 0 Å². The van der Waals surface area contributed by atoms with E-state index >= 15 is 0 Å². The SMILES string of the molecule is CC1(C)NCC(c2ccoc2)=CN1Cc1ccccn1. The zero-order valence-corrected chi connectivity index (χ0v) is 11.8. The summed E-state index contributed by atoms with van der Waals surface area (Å²) >= 11 is 0. The fourth-order valence-corrected chi connectivity index (χ4v) is 2.34.